The van der Waals surface area contributed by atoms with Gasteiger partial charge in [-0.05, 0) is 66.2 Å². The highest BCUT2D eigenvalue weighted by molar-refractivity contribution is 5.97. The van der Waals surface area contributed by atoms with E-state index in [1.54, 1.807) is 48.5 Å². The first kappa shape index (κ1) is 32.7. The Morgan fingerprint density at radius 2 is 1.45 bits per heavy atom. The molecular formula is C30H28F3N5O6. The first-order valence-corrected chi connectivity index (χ1v) is 12.7. The number of benzene rings is 3. The summed E-state index contributed by atoms with van der Waals surface area (Å²) in [7, 11) is 0. The molecule has 0 saturated carbocycles. The predicted octanol–water partition coefficient (Wildman–Crippen LogP) is 4.18. The van der Waals surface area contributed by atoms with Crippen molar-refractivity contribution in [1.82, 2.24) is 10.9 Å². The summed E-state index contributed by atoms with van der Waals surface area (Å²) < 4.78 is 52.8. The third kappa shape index (κ3) is 9.11. The number of amides is 2. The van der Waals surface area contributed by atoms with Gasteiger partial charge in [0.25, 0.3) is 11.8 Å². The Morgan fingerprint density at radius 1 is 0.864 bits per heavy atom. The van der Waals surface area contributed by atoms with Gasteiger partial charge in [-0.2, -0.15) is 13.2 Å². The van der Waals surface area contributed by atoms with Gasteiger partial charge in [0.2, 0.25) is 0 Å². The van der Waals surface area contributed by atoms with E-state index in [9.17, 15) is 27.6 Å². The second kappa shape index (κ2) is 14.9. The molecule has 14 heteroatoms. The highest BCUT2D eigenvalue weighted by atomic mass is 19.4. The highest BCUT2D eigenvalue weighted by Crippen LogP contribution is 2.32. The van der Waals surface area contributed by atoms with Crippen molar-refractivity contribution < 1.29 is 41.8 Å². The normalized spacial score (nSPS) is 11.3. The molecule has 2 amide bonds. The molecule has 3 rings (SSSR count). The van der Waals surface area contributed by atoms with Crippen molar-refractivity contribution in [2.75, 3.05) is 18.5 Å². The second-order valence-electron chi connectivity index (χ2n) is 8.83. The minimum atomic E-state index is -5.18. The summed E-state index contributed by atoms with van der Waals surface area (Å²) in [6.45, 7) is 7.60. The lowest BCUT2D eigenvalue weighted by Gasteiger charge is -2.22. The van der Waals surface area contributed by atoms with Crippen molar-refractivity contribution in [2.45, 2.75) is 12.2 Å². The van der Waals surface area contributed by atoms with Crippen LogP contribution in [0, 0.1) is 5.41 Å². The molecule has 0 heterocycles. The SMILES string of the molecule is C=CCOc1ccc(C(Nc2ccc(C(=N)N)cc2)C(=O)NNC(=O)c2ccc(OC(=O)C(F)(F)F)cc2)cc1OCC=C. The molecule has 0 saturated heterocycles. The molecule has 3 aromatic rings. The monoisotopic (exact) mass is 611 g/mol. The van der Waals surface area contributed by atoms with Gasteiger partial charge in [-0.15, -0.1) is 0 Å². The summed E-state index contributed by atoms with van der Waals surface area (Å²) in [5.74, 6) is -3.79. The van der Waals surface area contributed by atoms with Gasteiger partial charge in [0.1, 0.15) is 30.8 Å². The average Bonchev–Trinajstić information content (AvgIpc) is 3.00. The van der Waals surface area contributed by atoms with Gasteiger partial charge in [0.05, 0.1) is 0 Å². The maximum absolute atomic E-state index is 13.4. The minimum Gasteiger partial charge on any atom is -0.486 e. The lowest BCUT2D eigenvalue weighted by Crippen LogP contribution is -2.45. The fourth-order valence-corrected chi connectivity index (χ4v) is 3.55. The van der Waals surface area contributed by atoms with Gasteiger partial charge < -0.3 is 25.3 Å². The van der Waals surface area contributed by atoms with Crippen molar-refractivity contribution >= 4 is 29.3 Å². The zero-order chi connectivity index (χ0) is 32.3. The molecule has 0 aromatic heterocycles. The van der Waals surface area contributed by atoms with E-state index < -0.39 is 35.8 Å². The first-order valence-electron chi connectivity index (χ1n) is 12.7. The Kier molecular flexibility index (Phi) is 11.1. The predicted molar refractivity (Wildman–Crippen MR) is 155 cm³/mol. The van der Waals surface area contributed by atoms with E-state index in [4.69, 9.17) is 20.6 Å². The largest absolute Gasteiger partial charge is 0.491 e. The van der Waals surface area contributed by atoms with Crippen LogP contribution in [-0.2, 0) is 9.59 Å². The summed E-state index contributed by atoms with van der Waals surface area (Å²) in [4.78, 5) is 37.1. The van der Waals surface area contributed by atoms with Gasteiger partial charge >= 0.3 is 12.1 Å². The van der Waals surface area contributed by atoms with E-state index in [0.29, 0.717) is 28.3 Å². The number of amidine groups is 1. The number of carbonyl (C=O) groups is 3. The highest BCUT2D eigenvalue weighted by Gasteiger charge is 2.41. The number of rotatable bonds is 13. The molecule has 11 nitrogen and oxygen atoms in total. The lowest BCUT2D eigenvalue weighted by molar-refractivity contribution is -0.189. The van der Waals surface area contributed by atoms with Crippen molar-refractivity contribution in [3.63, 3.8) is 0 Å². The molecule has 0 aliphatic carbocycles. The number of ether oxygens (including phenoxy) is 3. The van der Waals surface area contributed by atoms with Crippen molar-refractivity contribution in [2.24, 2.45) is 5.73 Å². The number of hydrazine groups is 1. The Hall–Kier alpha value is -5.79. The fourth-order valence-electron chi connectivity index (χ4n) is 3.55. The van der Waals surface area contributed by atoms with Gasteiger partial charge in [-0.25, -0.2) is 4.79 Å². The van der Waals surface area contributed by atoms with E-state index in [1.807, 2.05) is 0 Å². The second-order valence-corrected chi connectivity index (χ2v) is 8.83. The number of hydrogen-bond donors (Lipinski definition) is 5. The number of hydrogen-bond acceptors (Lipinski definition) is 8. The quantitative estimate of drug-likeness (QED) is 0.0480. The van der Waals surface area contributed by atoms with Gasteiger partial charge in [-0.1, -0.05) is 31.4 Å². The van der Waals surface area contributed by atoms with Crippen molar-refractivity contribution in [3.05, 3.63) is 109 Å². The minimum absolute atomic E-state index is 0.0507. The first-order chi connectivity index (χ1) is 20.9. The summed E-state index contributed by atoms with van der Waals surface area (Å²) in [5, 5.41) is 10.6. The number of nitrogens with two attached hydrogens (primary N) is 1. The van der Waals surface area contributed by atoms with Crippen LogP contribution in [0.5, 0.6) is 17.2 Å². The molecule has 230 valence electrons. The Morgan fingerprint density at radius 3 is 2.02 bits per heavy atom. The third-order valence-corrected chi connectivity index (χ3v) is 5.64. The smallest absolute Gasteiger partial charge is 0.486 e. The zero-order valence-electron chi connectivity index (χ0n) is 23.1. The molecule has 0 aliphatic rings. The van der Waals surface area contributed by atoms with Crippen molar-refractivity contribution in [1.29, 1.82) is 5.41 Å². The van der Waals surface area contributed by atoms with Crippen LogP contribution in [0.2, 0.25) is 0 Å². The summed E-state index contributed by atoms with van der Waals surface area (Å²) >= 11 is 0. The fraction of sp³-hybridized carbons (Fsp3) is 0.133. The lowest BCUT2D eigenvalue weighted by atomic mass is 10.0. The van der Waals surface area contributed by atoms with Crippen LogP contribution in [-0.4, -0.2) is 43.0 Å². The molecular weight excluding hydrogens is 583 g/mol. The molecule has 0 radical (unpaired) electrons. The molecule has 44 heavy (non-hydrogen) atoms. The van der Waals surface area contributed by atoms with Crippen LogP contribution in [0.25, 0.3) is 0 Å². The molecule has 1 unspecified atom stereocenters. The average molecular weight is 612 g/mol. The molecule has 0 fully saturated rings. The number of carbonyl (C=O) groups excluding carboxylic acids is 3. The standard InChI is InChI=1S/C30H28F3N5O6/c1-3-15-42-23-14-9-20(17-24(23)43-16-4-2)25(36-21-10-5-18(6-11-21)26(34)35)28(40)38-37-27(39)19-7-12-22(13-8-19)44-29(41)30(31,32)33/h3-14,17,25,36H,1-2,15-16H2,(H3,34,35)(H,37,39)(H,38,40). The summed E-state index contributed by atoms with van der Waals surface area (Å²) in [6, 6.07) is 14.3. The van der Waals surface area contributed by atoms with E-state index in [1.165, 1.54) is 6.08 Å². The molecule has 0 aliphatic heterocycles. The maximum atomic E-state index is 13.4. The van der Waals surface area contributed by atoms with Crippen LogP contribution in [0.15, 0.2) is 92.0 Å². The molecule has 0 bridgehead atoms. The summed E-state index contributed by atoms with van der Waals surface area (Å²) in [6.07, 6.45) is -2.10. The summed E-state index contributed by atoms with van der Waals surface area (Å²) in [5.41, 5.74) is 11.4. The number of nitrogens with one attached hydrogen (secondary N) is 4. The van der Waals surface area contributed by atoms with Crippen LogP contribution in [0.3, 0.4) is 0 Å². The number of anilines is 1. The Balaban J connectivity index is 1.82. The molecule has 6 N–H and O–H groups in total. The van der Waals surface area contributed by atoms with Crippen LogP contribution >= 0.6 is 0 Å². The molecule has 1 atom stereocenters. The van der Waals surface area contributed by atoms with Gasteiger partial charge in [-0.3, -0.25) is 25.8 Å². The molecule has 0 spiro atoms. The van der Waals surface area contributed by atoms with E-state index in [2.05, 4.69) is 34.1 Å². The van der Waals surface area contributed by atoms with Gasteiger partial charge in [0.15, 0.2) is 11.5 Å². The topological polar surface area (TPSA) is 165 Å². The van der Waals surface area contributed by atoms with Gasteiger partial charge in [0, 0.05) is 16.8 Å². The Bertz CT molecular complexity index is 1530. The zero-order valence-corrected chi connectivity index (χ0v) is 23.1. The van der Waals surface area contributed by atoms with Crippen molar-refractivity contribution in [3.8, 4) is 17.2 Å². The number of esters is 1. The molecule has 3 aromatic carbocycles. The van der Waals surface area contributed by atoms with Crippen LogP contribution < -0.4 is 36.1 Å². The van der Waals surface area contributed by atoms with Crippen LogP contribution in [0.4, 0.5) is 18.9 Å². The van der Waals surface area contributed by atoms with E-state index in [0.717, 1.165) is 24.3 Å². The van der Waals surface area contributed by atoms with E-state index in [-0.39, 0.29) is 24.6 Å². The number of halogens is 3. The van der Waals surface area contributed by atoms with E-state index >= 15 is 0 Å². The van der Waals surface area contributed by atoms with Crippen LogP contribution in [0.1, 0.15) is 27.5 Å². The number of nitrogen functional groups attached to an aromatic ring is 1. The Labute approximate surface area is 250 Å². The third-order valence-electron chi connectivity index (χ3n) is 5.64. The number of alkyl halides is 3. The maximum Gasteiger partial charge on any atom is 0.491 e.